The third kappa shape index (κ3) is 5.09. The van der Waals surface area contributed by atoms with E-state index in [1.807, 2.05) is 5.32 Å². The summed E-state index contributed by atoms with van der Waals surface area (Å²) in [5.41, 5.74) is -0.611. The largest absolute Gasteiger partial charge is 0.481 e. The fourth-order valence-electron chi connectivity index (χ4n) is 1.26. The monoisotopic (exact) mass is 292 g/mol. The Labute approximate surface area is 112 Å². The Balaban J connectivity index is 2.51. The highest BCUT2D eigenvalue weighted by Gasteiger charge is 2.13. The predicted molar refractivity (Wildman–Crippen MR) is 65.3 cm³/mol. The summed E-state index contributed by atoms with van der Waals surface area (Å²) in [6.45, 7) is 0.0783. The maximum Gasteiger partial charge on any atom is 0.319 e. The molecule has 0 aliphatic carbocycles. The van der Waals surface area contributed by atoms with Gasteiger partial charge in [0.2, 0.25) is 0 Å². The van der Waals surface area contributed by atoms with Crippen LogP contribution in [0.2, 0.25) is 5.02 Å². The van der Waals surface area contributed by atoms with Gasteiger partial charge in [-0.15, -0.1) is 0 Å². The second kappa shape index (κ2) is 6.89. The van der Waals surface area contributed by atoms with Crippen molar-refractivity contribution in [3.8, 4) is 0 Å². The maximum absolute atomic E-state index is 13.3. The van der Waals surface area contributed by atoms with E-state index in [-0.39, 0.29) is 24.4 Å². The molecule has 0 saturated carbocycles. The highest BCUT2D eigenvalue weighted by atomic mass is 35.5. The van der Waals surface area contributed by atoms with Gasteiger partial charge >= 0.3 is 12.0 Å². The molecule has 1 aromatic rings. The van der Waals surface area contributed by atoms with Crippen molar-refractivity contribution >= 4 is 29.3 Å². The molecule has 3 N–H and O–H groups in total. The molecular formula is C11H11ClF2N2O3. The van der Waals surface area contributed by atoms with Crippen molar-refractivity contribution in [1.29, 1.82) is 0 Å². The normalized spacial score (nSPS) is 10.1. The van der Waals surface area contributed by atoms with Crippen LogP contribution in [-0.4, -0.2) is 23.7 Å². The number of benzene rings is 1. The van der Waals surface area contributed by atoms with Crippen molar-refractivity contribution in [2.45, 2.75) is 12.8 Å². The summed E-state index contributed by atoms with van der Waals surface area (Å²) >= 11 is 5.43. The van der Waals surface area contributed by atoms with Crippen molar-refractivity contribution in [3.63, 3.8) is 0 Å². The molecule has 0 atom stereocenters. The van der Waals surface area contributed by atoms with Gasteiger partial charge < -0.3 is 15.7 Å². The van der Waals surface area contributed by atoms with E-state index in [1.165, 1.54) is 0 Å². The van der Waals surface area contributed by atoms with Crippen molar-refractivity contribution in [3.05, 3.63) is 28.8 Å². The quantitative estimate of drug-likeness (QED) is 0.730. The molecule has 0 saturated heterocycles. The van der Waals surface area contributed by atoms with Crippen LogP contribution in [0.1, 0.15) is 12.8 Å². The van der Waals surface area contributed by atoms with Gasteiger partial charge in [0, 0.05) is 18.0 Å². The number of halogens is 3. The van der Waals surface area contributed by atoms with Crippen LogP contribution in [0.3, 0.4) is 0 Å². The van der Waals surface area contributed by atoms with E-state index in [0.717, 1.165) is 12.1 Å². The lowest BCUT2D eigenvalue weighted by Gasteiger charge is -2.09. The summed E-state index contributed by atoms with van der Waals surface area (Å²) in [4.78, 5) is 21.5. The predicted octanol–water partition coefficient (Wildman–Crippen LogP) is 2.60. The van der Waals surface area contributed by atoms with Gasteiger partial charge in [-0.2, -0.15) is 0 Å². The minimum Gasteiger partial charge on any atom is -0.481 e. The van der Waals surface area contributed by atoms with Crippen LogP contribution >= 0.6 is 11.6 Å². The highest BCUT2D eigenvalue weighted by Crippen LogP contribution is 2.23. The first-order valence-corrected chi connectivity index (χ1v) is 5.69. The molecule has 0 aromatic heterocycles. The number of amides is 2. The number of carbonyl (C=O) groups excluding carboxylic acids is 1. The van der Waals surface area contributed by atoms with Crippen LogP contribution in [-0.2, 0) is 4.79 Å². The van der Waals surface area contributed by atoms with E-state index >= 15 is 0 Å². The van der Waals surface area contributed by atoms with Crippen LogP contribution in [0.5, 0.6) is 0 Å². The average molecular weight is 293 g/mol. The summed E-state index contributed by atoms with van der Waals surface area (Å²) in [6, 6.07) is 0.903. The topological polar surface area (TPSA) is 78.4 Å². The van der Waals surface area contributed by atoms with Crippen molar-refractivity contribution in [1.82, 2.24) is 5.32 Å². The number of carbonyl (C=O) groups is 2. The van der Waals surface area contributed by atoms with E-state index in [4.69, 9.17) is 16.7 Å². The number of carboxylic acids is 1. The second-order valence-corrected chi connectivity index (χ2v) is 4.06. The van der Waals surface area contributed by atoms with Crippen LogP contribution in [0.4, 0.5) is 19.3 Å². The number of anilines is 1. The van der Waals surface area contributed by atoms with Crippen LogP contribution in [0.25, 0.3) is 0 Å². The minimum absolute atomic E-state index is 0.0783. The first-order valence-electron chi connectivity index (χ1n) is 5.31. The minimum atomic E-state index is -0.995. The van der Waals surface area contributed by atoms with E-state index in [2.05, 4.69) is 5.32 Å². The number of nitrogens with one attached hydrogen (secondary N) is 2. The van der Waals surface area contributed by atoms with Crippen molar-refractivity contribution in [2.75, 3.05) is 11.9 Å². The van der Waals surface area contributed by atoms with Crippen molar-refractivity contribution in [2.24, 2.45) is 0 Å². The molecule has 8 heteroatoms. The molecule has 0 radical (unpaired) electrons. The van der Waals surface area contributed by atoms with E-state index < -0.39 is 29.3 Å². The zero-order chi connectivity index (χ0) is 14.4. The van der Waals surface area contributed by atoms with Gasteiger partial charge in [-0.25, -0.2) is 13.6 Å². The Bertz CT molecular complexity index is 474. The summed E-state index contributed by atoms with van der Waals surface area (Å²) in [5.74, 6) is -2.98. The van der Waals surface area contributed by atoms with Gasteiger partial charge in [0.15, 0.2) is 11.6 Å². The first-order chi connectivity index (χ1) is 8.90. The maximum atomic E-state index is 13.3. The van der Waals surface area contributed by atoms with Gasteiger partial charge in [-0.3, -0.25) is 4.79 Å². The molecule has 19 heavy (non-hydrogen) atoms. The smallest absolute Gasteiger partial charge is 0.319 e. The van der Waals surface area contributed by atoms with Crippen LogP contribution < -0.4 is 10.6 Å². The molecule has 0 spiro atoms. The molecule has 1 rings (SSSR count). The molecule has 1 aromatic carbocycles. The Hall–Kier alpha value is -1.89. The van der Waals surface area contributed by atoms with E-state index in [9.17, 15) is 18.4 Å². The molecule has 0 heterocycles. The molecule has 0 unspecified atom stereocenters. The summed E-state index contributed by atoms with van der Waals surface area (Å²) in [7, 11) is 0. The Morgan fingerprint density at radius 1 is 1.26 bits per heavy atom. The van der Waals surface area contributed by atoms with Gasteiger partial charge in [-0.1, -0.05) is 11.6 Å². The van der Waals surface area contributed by atoms with Crippen LogP contribution in [0.15, 0.2) is 12.1 Å². The average Bonchev–Trinajstić information content (AvgIpc) is 2.29. The number of urea groups is 1. The molecule has 0 aliphatic heterocycles. The SMILES string of the molecule is O=C(O)CCCNC(=O)Nc1c(F)cc(Cl)cc1F. The Kier molecular flexibility index (Phi) is 5.50. The Morgan fingerprint density at radius 2 is 1.84 bits per heavy atom. The zero-order valence-electron chi connectivity index (χ0n) is 9.67. The number of hydrogen-bond donors (Lipinski definition) is 3. The van der Waals surface area contributed by atoms with Gasteiger partial charge in [0.05, 0.1) is 0 Å². The number of hydrogen-bond acceptors (Lipinski definition) is 2. The lowest BCUT2D eigenvalue weighted by molar-refractivity contribution is -0.137. The standard InChI is InChI=1S/C11H11ClF2N2O3/c12-6-4-7(13)10(8(14)5-6)16-11(19)15-3-1-2-9(17)18/h4-5H,1-3H2,(H,17,18)(H2,15,16,19). The van der Waals surface area contributed by atoms with Gasteiger partial charge in [0.1, 0.15) is 5.69 Å². The van der Waals surface area contributed by atoms with Crippen LogP contribution in [0, 0.1) is 11.6 Å². The van der Waals surface area contributed by atoms with E-state index in [0.29, 0.717) is 0 Å². The van der Waals surface area contributed by atoms with Gasteiger partial charge in [-0.05, 0) is 18.6 Å². The fourth-order valence-corrected chi connectivity index (χ4v) is 1.45. The number of rotatable bonds is 5. The van der Waals surface area contributed by atoms with E-state index in [1.54, 1.807) is 0 Å². The first kappa shape index (κ1) is 15.2. The highest BCUT2D eigenvalue weighted by molar-refractivity contribution is 6.30. The lowest BCUT2D eigenvalue weighted by atomic mass is 10.3. The molecule has 0 bridgehead atoms. The summed E-state index contributed by atoms with van der Waals surface area (Å²) in [5, 5.41) is 12.5. The number of aliphatic carboxylic acids is 1. The zero-order valence-corrected chi connectivity index (χ0v) is 10.4. The molecule has 2 amide bonds. The molecule has 5 nitrogen and oxygen atoms in total. The summed E-state index contributed by atoms with van der Waals surface area (Å²) in [6.07, 6.45) is 0.109. The van der Waals surface area contributed by atoms with Gasteiger partial charge in [0.25, 0.3) is 0 Å². The van der Waals surface area contributed by atoms with Crippen molar-refractivity contribution < 1.29 is 23.5 Å². The third-order valence-corrected chi connectivity index (χ3v) is 2.32. The second-order valence-electron chi connectivity index (χ2n) is 3.62. The molecule has 0 aliphatic rings. The molecular weight excluding hydrogens is 282 g/mol. The number of carboxylic acid groups (broad SMARTS) is 1. The molecule has 0 fully saturated rings. The fraction of sp³-hybridized carbons (Fsp3) is 0.273. The molecule has 104 valence electrons. The lowest BCUT2D eigenvalue weighted by Crippen LogP contribution is -2.30. The third-order valence-electron chi connectivity index (χ3n) is 2.10. The summed E-state index contributed by atoms with van der Waals surface area (Å²) < 4.78 is 26.6. The Morgan fingerprint density at radius 3 is 2.37 bits per heavy atom.